The van der Waals surface area contributed by atoms with E-state index < -0.39 is 0 Å². The molecule has 0 nitrogen and oxygen atoms in total. The second-order valence-electron chi connectivity index (χ2n) is 5.54. The van der Waals surface area contributed by atoms with Crippen molar-refractivity contribution in [3.63, 3.8) is 0 Å². The zero-order valence-corrected chi connectivity index (χ0v) is 8.41. The van der Waals surface area contributed by atoms with E-state index in [0.29, 0.717) is 10.8 Å². The van der Waals surface area contributed by atoms with Crippen LogP contribution >= 0.6 is 0 Å². The highest BCUT2D eigenvalue weighted by molar-refractivity contribution is 4.88. The van der Waals surface area contributed by atoms with Crippen molar-refractivity contribution in [2.45, 2.75) is 53.4 Å². The molecule has 65 valence electrons. The summed E-state index contributed by atoms with van der Waals surface area (Å²) in [7, 11) is 0. The number of hydrogen-bond acceptors (Lipinski definition) is 0. The molecule has 11 heavy (non-hydrogen) atoms. The van der Waals surface area contributed by atoms with Gasteiger partial charge in [-0.1, -0.05) is 27.7 Å². The fourth-order valence-corrected chi connectivity index (χ4v) is 2.44. The smallest absolute Gasteiger partial charge is 0.0346 e. The average molecular weight is 153 g/mol. The molecule has 0 aromatic carbocycles. The Bertz CT molecular complexity index is 115. The van der Waals surface area contributed by atoms with Crippen LogP contribution in [-0.2, 0) is 0 Å². The summed E-state index contributed by atoms with van der Waals surface area (Å²) in [4.78, 5) is 0. The molecule has 0 N–H and O–H groups in total. The topological polar surface area (TPSA) is 0 Å². The minimum absolute atomic E-state index is 0.542. The zero-order chi connectivity index (χ0) is 8.54. The lowest BCUT2D eigenvalue weighted by Crippen LogP contribution is -2.20. The van der Waals surface area contributed by atoms with E-state index in [1.807, 2.05) is 0 Å². The van der Waals surface area contributed by atoms with Crippen molar-refractivity contribution < 1.29 is 0 Å². The van der Waals surface area contributed by atoms with E-state index in [1.54, 1.807) is 0 Å². The van der Waals surface area contributed by atoms with Crippen LogP contribution in [0.1, 0.15) is 53.4 Å². The standard InChI is InChI=1S/C11H21/c1-10(2)7-5-6-8-11(3,4)9-10/h5H,6-9H2,1-4H3. The molecule has 0 heteroatoms. The first-order valence-electron chi connectivity index (χ1n) is 4.73. The molecule has 1 saturated carbocycles. The van der Waals surface area contributed by atoms with Gasteiger partial charge in [-0.05, 0) is 42.9 Å². The summed E-state index contributed by atoms with van der Waals surface area (Å²) in [6.07, 6.45) is 7.83. The van der Waals surface area contributed by atoms with Crippen molar-refractivity contribution >= 4 is 0 Å². The second kappa shape index (κ2) is 2.80. The molecule has 0 aromatic heterocycles. The lowest BCUT2D eigenvalue weighted by molar-refractivity contribution is 0.202. The molecule has 1 radical (unpaired) electrons. The summed E-state index contributed by atoms with van der Waals surface area (Å²) in [6.45, 7) is 9.56. The Kier molecular flexibility index (Phi) is 2.32. The predicted octanol–water partition coefficient (Wildman–Crippen LogP) is 3.82. The Hall–Kier alpha value is 0. The van der Waals surface area contributed by atoms with Gasteiger partial charge in [0, 0.05) is 0 Å². The quantitative estimate of drug-likeness (QED) is 0.464. The molecular weight excluding hydrogens is 132 g/mol. The van der Waals surface area contributed by atoms with Gasteiger partial charge in [0.15, 0.2) is 0 Å². The van der Waals surface area contributed by atoms with E-state index in [9.17, 15) is 0 Å². The van der Waals surface area contributed by atoms with Gasteiger partial charge in [0.25, 0.3) is 0 Å². The largest absolute Gasteiger partial charge is 0.0599 e. The fraction of sp³-hybridized carbons (Fsp3) is 0.909. The van der Waals surface area contributed by atoms with Crippen LogP contribution in [0.5, 0.6) is 0 Å². The van der Waals surface area contributed by atoms with E-state index in [0.717, 1.165) is 0 Å². The van der Waals surface area contributed by atoms with Crippen LogP contribution in [0, 0.1) is 17.3 Å². The molecule has 0 amide bonds. The molecule has 0 bridgehead atoms. The van der Waals surface area contributed by atoms with E-state index in [-0.39, 0.29) is 0 Å². The third kappa shape index (κ3) is 2.84. The van der Waals surface area contributed by atoms with E-state index in [4.69, 9.17) is 0 Å². The van der Waals surface area contributed by atoms with Crippen LogP contribution in [0.25, 0.3) is 0 Å². The van der Waals surface area contributed by atoms with Gasteiger partial charge in [0.1, 0.15) is 0 Å². The molecule has 0 unspecified atom stereocenters. The van der Waals surface area contributed by atoms with Crippen molar-refractivity contribution in [2.24, 2.45) is 10.8 Å². The van der Waals surface area contributed by atoms with Crippen molar-refractivity contribution in [2.75, 3.05) is 0 Å². The Morgan fingerprint density at radius 1 is 1.00 bits per heavy atom. The molecule has 0 atom stereocenters. The van der Waals surface area contributed by atoms with Gasteiger partial charge in [0.2, 0.25) is 0 Å². The minimum atomic E-state index is 0.542. The van der Waals surface area contributed by atoms with Crippen LogP contribution in [0.4, 0.5) is 0 Å². The lowest BCUT2D eigenvalue weighted by atomic mass is 9.74. The second-order valence-corrected chi connectivity index (χ2v) is 5.54. The molecule has 0 saturated heterocycles. The van der Waals surface area contributed by atoms with Gasteiger partial charge in [-0.25, -0.2) is 0 Å². The van der Waals surface area contributed by atoms with E-state index in [1.165, 1.54) is 25.7 Å². The summed E-state index contributed by atoms with van der Waals surface area (Å²) in [5.41, 5.74) is 1.11. The highest BCUT2D eigenvalue weighted by atomic mass is 14.4. The molecule has 0 spiro atoms. The van der Waals surface area contributed by atoms with Crippen LogP contribution in [0.3, 0.4) is 0 Å². The molecule has 0 heterocycles. The molecule has 0 aromatic rings. The van der Waals surface area contributed by atoms with Crippen molar-refractivity contribution in [1.82, 2.24) is 0 Å². The number of hydrogen-bond donors (Lipinski definition) is 0. The van der Waals surface area contributed by atoms with E-state index in [2.05, 4.69) is 34.1 Å². The predicted molar refractivity (Wildman–Crippen MR) is 50.3 cm³/mol. The molecular formula is C11H21. The summed E-state index contributed by atoms with van der Waals surface area (Å²) < 4.78 is 0. The fourth-order valence-electron chi connectivity index (χ4n) is 2.44. The van der Waals surface area contributed by atoms with Crippen LogP contribution < -0.4 is 0 Å². The summed E-state index contributed by atoms with van der Waals surface area (Å²) in [5.74, 6) is 0. The third-order valence-electron chi connectivity index (χ3n) is 2.68. The minimum Gasteiger partial charge on any atom is -0.0599 e. The summed E-state index contributed by atoms with van der Waals surface area (Å²) in [6, 6.07) is 0. The van der Waals surface area contributed by atoms with Gasteiger partial charge in [-0.3, -0.25) is 0 Å². The highest BCUT2D eigenvalue weighted by Gasteiger charge is 2.30. The first-order valence-corrected chi connectivity index (χ1v) is 4.73. The Morgan fingerprint density at radius 3 is 2.27 bits per heavy atom. The summed E-state index contributed by atoms with van der Waals surface area (Å²) >= 11 is 0. The zero-order valence-electron chi connectivity index (χ0n) is 8.41. The van der Waals surface area contributed by atoms with Gasteiger partial charge in [-0.15, -0.1) is 0 Å². The number of rotatable bonds is 0. The van der Waals surface area contributed by atoms with E-state index >= 15 is 0 Å². The molecule has 1 aliphatic rings. The normalized spacial score (nSPS) is 29.5. The first kappa shape index (κ1) is 9.09. The maximum atomic E-state index is 2.47. The lowest BCUT2D eigenvalue weighted by Gasteiger charge is -2.31. The highest BCUT2D eigenvalue weighted by Crippen LogP contribution is 2.43. The SMILES string of the molecule is CC1(C)C[CH]CCC(C)(C)C1. The first-order chi connectivity index (χ1) is 4.91. The maximum absolute atomic E-state index is 2.47. The average Bonchev–Trinajstić information content (AvgIpc) is 1.86. The van der Waals surface area contributed by atoms with Gasteiger partial charge >= 0.3 is 0 Å². The monoisotopic (exact) mass is 153 g/mol. The molecule has 0 aliphatic heterocycles. The third-order valence-corrected chi connectivity index (χ3v) is 2.68. The van der Waals surface area contributed by atoms with Crippen molar-refractivity contribution in [3.8, 4) is 0 Å². The Labute approximate surface area is 71.4 Å². The van der Waals surface area contributed by atoms with Crippen molar-refractivity contribution in [3.05, 3.63) is 6.42 Å². The maximum Gasteiger partial charge on any atom is -0.0346 e. The van der Waals surface area contributed by atoms with Gasteiger partial charge < -0.3 is 0 Å². The van der Waals surface area contributed by atoms with Gasteiger partial charge in [0.05, 0.1) is 0 Å². The summed E-state index contributed by atoms with van der Waals surface area (Å²) in [5, 5.41) is 0. The van der Waals surface area contributed by atoms with Crippen LogP contribution in [0.2, 0.25) is 0 Å². The Morgan fingerprint density at radius 2 is 1.64 bits per heavy atom. The van der Waals surface area contributed by atoms with Gasteiger partial charge in [-0.2, -0.15) is 0 Å². The van der Waals surface area contributed by atoms with Crippen LogP contribution in [0.15, 0.2) is 0 Å². The molecule has 1 aliphatic carbocycles. The molecule has 1 rings (SSSR count). The Balaban J connectivity index is 2.62. The van der Waals surface area contributed by atoms with Crippen molar-refractivity contribution in [1.29, 1.82) is 0 Å². The molecule has 1 fully saturated rings. The van der Waals surface area contributed by atoms with Crippen LogP contribution in [-0.4, -0.2) is 0 Å².